The number of carbonyl (C=O) groups excluding carboxylic acids is 1. The predicted octanol–water partition coefficient (Wildman–Crippen LogP) is 1.29. The molecule has 2 atom stereocenters. The van der Waals surface area contributed by atoms with Crippen LogP contribution in [0.25, 0.3) is 0 Å². The van der Waals surface area contributed by atoms with Crippen LogP contribution in [0.4, 0.5) is 0 Å². The summed E-state index contributed by atoms with van der Waals surface area (Å²) in [4.78, 5) is 11.8. The van der Waals surface area contributed by atoms with Gasteiger partial charge in [0.05, 0.1) is 5.92 Å². The normalized spacial score (nSPS) is 32.9. The van der Waals surface area contributed by atoms with Gasteiger partial charge in [0.2, 0.25) is 5.91 Å². The van der Waals surface area contributed by atoms with E-state index in [4.69, 9.17) is 0 Å². The van der Waals surface area contributed by atoms with Crippen LogP contribution in [0.15, 0.2) is 0 Å². The van der Waals surface area contributed by atoms with Crippen molar-refractivity contribution in [2.24, 2.45) is 11.8 Å². The van der Waals surface area contributed by atoms with E-state index >= 15 is 0 Å². The van der Waals surface area contributed by atoms with E-state index in [2.05, 4.69) is 17.6 Å². The number of carbonyl (C=O) groups is 1. The Morgan fingerprint density at radius 2 is 1.93 bits per heavy atom. The SMILES string of the molecule is CC1CCCCCC1NC(=O)C1CNC1. The molecule has 86 valence electrons. The van der Waals surface area contributed by atoms with Crippen LogP contribution in [0, 0.1) is 11.8 Å². The van der Waals surface area contributed by atoms with Crippen LogP contribution in [0.1, 0.15) is 39.0 Å². The summed E-state index contributed by atoms with van der Waals surface area (Å²) in [7, 11) is 0. The van der Waals surface area contributed by atoms with E-state index in [1.165, 1.54) is 32.1 Å². The Morgan fingerprint density at radius 1 is 1.20 bits per heavy atom. The molecule has 15 heavy (non-hydrogen) atoms. The van der Waals surface area contributed by atoms with E-state index in [1.54, 1.807) is 0 Å². The quantitative estimate of drug-likeness (QED) is 0.674. The molecule has 0 spiro atoms. The van der Waals surface area contributed by atoms with Gasteiger partial charge in [-0.25, -0.2) is 0 Å². The first-order valence-corrected chi connectivity index (χ1v) is 6.28. The third-order valence-corrected chi connectivity index (χ3v) is 3.84. The summed E-state index contributed by atoms with van der Waals surface area (Å²) in [5.74, 6) is 1.16. The summed E-state index contributed by atoms with van der Waals surface area (Å²) in [5.41, 5.74) is 0. The molecule has 0 aromatic heterocycles. The first-order valence-electron chi connectivity index (χ1n) is 6.28. The molecule has 1 aliphatic carbocycles. The minimum absolute atomic E-state index is 0.237. The molecule has 1 amide bonds. The standard InChI is InChI=1S/C12H22N2O/c1-9-5-3-2-4-6-11(9)14-12(15)10-7-13-8-10/h9-11,13H,2-8H2,1H3,(H,14,15). The summed E-state index contributed by atoms with van der Waals surface area (Å²) in [6.07, 6.45) is 6.39. The highest BCUT2D eigenvalue weighted by Crippen LogP contribution is 2.23. The average Bonchev–Trinajstić information content (AvgIpc) is 2.29. The second kappa shape index (κ2) is 4.97. The predicted molar refractivity (Wildman–Crippen MR) is 60.5 cm³/mol. The Kier molecular flexibility index (Phi) is 3.62. The Balaban J connectivity index is 1.82. The van der Waals surface area contributed by atoms with E-state index in [-0.39, 0.29) is 11.8 Å². The van der Waals surface area contributed by atoms with Gasteiger partial charge >= 0.3 is 0 Å². The summed E-state index contributed by atoms with van der Waals surface area (Å²) >= 11 is 0. The number of hydrogen-bond acceptors (Lipinski definition) is 2. The van der Waals surface area contributed by atoms with Gasteiger partial charge < -0.3 is 10.6 Å². The number of hydrogen-bond donors (Lipinski definition) is 2. The lowest BCUT2D eigenvalue weighted by molar-refractivity contribution is -0.127. The van der Waals surface area contributed by atoms with Crippen molar-refractivity contribution in [1.29, 1.82) is 0 Å². The fourth-order valence-corrected chi connectivity index (χ4v) is 2.48. The number of nitrogens with one attached hydrogen (secondary N) is 2. The van der Waals surface area contributed by atoms with Crippen molar-refractivity contribution >= 4 is 5.91 Å². The Bertz CT molecular complexity index is 226. The van der Waals surface area contributed by atoms with Crippen LogP contribution in [0.5, 0.6) is 0 Å². The van der Waals surface area contributed by atoms with Crippen LogP contribution in [-0.2, 0) is 4.79 Å². The van der Waals surface area contributed by atoms with E-state index in [9.17, 15) is 4.79 Å². The molecule has 2 rings (SSSR count). The first-order chi connectivity index (χ1) is 7.27. The third-order valence-electron chi connectivity index (χ3n) is 3.84. The lowest BCUT2D eigenvalue weighted by Gasteiger charge is -2.30. The molecule has 3 nitrogen and oxygen atoms in total. The molecular weight excluding hydrogens is 188 g/mol. The Hall–Kier alpha value is -0.570. The van der Waals surface area contributed by atoms with E-state index in [0.717, 1.165) is 13.1 Å². The van der Waals surface area contributed by atoms with Crippen molar-refractivity contribution in [3.63, 3.8) is 0 Å². The van der Waals surface area contributed by atoms with Crippen molar-refractivity contribution in [2.75, 3.05) is 13.1 Å². The highest BCUT2D eigenvalue weighted by molar-refractivity contribution is 5.80. The monoisotopic (exact) mass is 210 g/mol. The smallest absolute Gasteiger partial charge is 0.225 e. The molecule has 1 heterocycles. The van der Waals surface area contributed by atoms with Crippen LogP contribution >= 0.6 is 0 Å². The van der Waals surface area contributed by atoms with E-state index in [1.807, 2.05) is 0 Å². The van der Waals surface area contributed by atoms with Gasteiger partial charge in [0.1, 0.15) is 0 Å². The highest BCUT2D eigenvalue weighted by Gasteiger charge is 2.28. The fraction of sp³-hybridized carbons (Fsp3) is 0.917. The number of amides is 1. The van der Waals surface area contributed by atoms with Gasteiger partial charge in [-0.05, 0) is 18.8 Å². The van der Waals surface area contributed by atoms with Crippen molar-refractivity contribution < 1.29 is 4.79 Å². The topological polar surface area (TPSA) is 41.1 Å². The lowest BCUT2D eigenvalue weighted by Crippen LogP contribution is -2.53. The van der Waals surface area contributed by atoms with Crippen LogP contribution in [0.2, 0.25) is 0 Å². The van der Waals surface area contributed by atoms with Gasteiger partial charge in [-0.2, -0.15) is 0 Å². The van der Waals surface area contributed by atoms with Crippen molar-refractivity contribution in [1.82, 2.24) is 10.6 Å². The molecule has 0 aromatic carbocycles. The maximum absolute atomic E-state index is 11.8. The molecule has 0 aromatic rings. The molecule has 2 N–H and O–H groups in total. The maximum atomic E-state index is 11.8. The van der Waals surface area contributed by atoms with E-state index in [0.29, 0.717) is 12.0 Å². The zero-order chi connectivity index (χ0) is 10.7. The molecule has 2 unspecified atom stereocenters. The van der Waals surface area contributed by atoms with Crippen molar-refractivity contribution in [2.45, 2.75) is 45.1 Å². The third kappa shape index (κ3) is 2.71. The summed E-state index contributed by atoms with van der Waals surface area (Å²) in [6.45, 7) is 4.01. The molecule has 3 heteroatoms. The van der Waals surface area contributed by atoms with Gasteiger partial charge in [0.25, 0.3) is 0 Å². The molecule has 2 aliphatic rings. The summed E-state index contributed by atoms with van der Waals surface area (Å²) in [5, 5.41) is 6.37. The molecular formula is C12H22N2O. The van der Waals surface area contributed by atoms with Crippen LogP contribution in [0.3, 0.4) is 0 Å². The van der Waals surface area contributed by atoms with Crippen molar-refractivity contribution in [3.05, 3.63) is 0 Å². The molecule has 2 fully saturated rings. The Labute approximate surface area is 92.0 Å². The molecule has 1 saturated heterocycles. The molecule has 0 radical (unpaired) electrons. The second-order valence-corrected chi connectivity index (χ2v) is 5.09. The van der Waals surface area contributed by atoms with Crippen LogP contribution in [-0.4, -0.2) is 25.0 Å². The van der Waals surface area contributed by atoms with E-state index < -0.39 is 0 Å². The number of rotatable bonds is 2. The zero-order valence-corrected chi connectivity index (χ0v) is 9.59. The molecule has 0 bridgehead atoms. The average molecular weight is 210 g/mol. The second-order valence-electron chi connectivity index (χ2n) is 5.09. The highest BCUT2D eigenvalue weighted by atomic mass is 16.2. The molecule has 1 aliphatic heterocycles. The molecule has 1 saturated carbocycles. The maximum Gasteiger partial charge on any atom is 0.225 e. The minimum atomic E-state index is 0.237. The Morgan fingerprint density at radius 3 is 2.60 bits per heavy atom. The summed E-state index contributed by atoms with van der Waals surface area (Å²) < 4.78 is 0. The van der Waals surface area contributed by atoms with Gasteiger partial charge in [-0.1, -0.05) is 26.2 Å². The minimum Gasteiger partial charge on any atom is -0.353 e. The van der Waals surface area contributed by atoms with Crippen molar-refractivity contribution in [3.8, 4) is 0 Å². The largest absolute Gasteiger partial charge is 0.353 e. The fourth-order valence-electron chi connectivity index (χ4n) is 2.48. The summed E-state index contributed by atoms with van der Waals surface area (Å²) in [6, 6.07) is 0.431. The van der Waals surface area contributed by atoms with Gasteiger partial charge in [-0.3, -0.25) is 4.79 Å². The zero-order valence-electron chi connectivity index (χ0n) is 9.59. The van der Waals surface area contributed by atoms with Crippen LogP contribution < -0.4 is 10.6 Å². The van der Waals surface area contributed by atoms with Gasteiger partial charge in [-0.15, -0.1) is 0 Å². The lowest BCUT2D eigenvalue weighted by atomic mass is 9.95. The van der Waals surface area contributed by atoms with Gasteiger partial charge in [0.15, 0.2) is 0 Å². The van der Waals surface area contributed by atoms with Gasteiger partial charge in [0, 0.05) is 19.1 Å². The first kappa shape index (κ1) is 10.9.